The lowest BCUT2D eigenvalue weighted by molar-refractivity contribution is 0.160. The zero-order chi connectivity index (χ0) is 14.3. The molecule has 1 aromatic heterocycles. The summed E-state index contributed by atoms with van der Waals surface area (Å²) in [6.07, 6.45) is 5.84. The Morgan fingerprint density at radius 2 is 2.20 bits per heavy atom. The summed E-state index contributed by atoms with van der Waals surface area (Å²) in [6, 6.07) is 4.56. The zero-order valence-electron chi connectivity index (χ0n) is 12.4. The molecule has 2 bridgehead atoms. The molecule has 0 saturated heterocycles. The topological polar surface area (TPSA) is 29.3 Å². The number of halogens is 1. The van der Waals surface area contributed by atoms with E-state index in [0.29, 0.717) is 6.04 Å². The van der Waals surface area contributed by atoms with Gasteiger partial charge in [-0.3, -0.25) is 4.90 Å². The van der Waals surface area contributed by atoms with Crippen LogP contribution in [-0.4, -0.2) is 24.5 Å². The van der Waals surface area contributed by atoms with E-state index in [1.807, 2.05) is 6.07 Å². The van der Waals surface area contributed by atoms with Gasteiger partial charge in [-0.25, -0.2) is 0 Å². The van der Waals surface area contributed by atoms with Crippen LogP contribution in [0.4, 0.5) is 0 Å². The van der Waals surface area contributed by atoms with E-state index in [-0.39, 0.29) is 6.04 Å². The monoisotopic (exact) mass is 312 g/mol. The Hall–Kier alpha value is -0.0900. The predicted octanol–water partition coefficient (Wildman–Crippen LogP) is 4.16. The fourth-order valence-corrected chi connectivity index (χ4v) is 5.79. The minimum Gasteiger partial charge on any atom is -0.326 e. The van der Waals surface area contributed by atoms with E-state index in [4.69, 9.17) is 17.3 Å². The number of nitrogens with two attached hydrogens (primary N) is 1. The van der Waals surface area contributed by atoms with Gasteiger partial charge in [-0.1, -0.05) is 18.0 Å². The molecular formula is C16H25ClN2S. The lowest BCUT2D eigenvalue weighted by Gasteiger charge is -2.34. The molecule has 2 aliphatic carbocycles. The lowest BCUT2D eigenvalue weighted by Crippen LogP contribution is -2.40. The maximum atomic E-state index is 6.25. The second-order valence-electron chi connectivity index (χ2n) is 6.82. The average molecular weight is 313 g/mol. The number of rotatable bonds is 5. The van der Waals surface area contributed by atoms with Crippen LogP contribution in [-0.2, 0) is 0 Å². The van der Waals surface area contributed by atoms with Crippen LogP contribution in [0, 0.1) is 17.8 Å². The Labute approximate surface area is 131 Å². The van der Waals surface area contributed by atoms with E-state index < -0.39 is 0 Å². The van der Waals surface area contributed by atoms with Crippen LogP contribution >= 0.6 is 22.9 Å². The van der Waals surface area contributed by atoms with E-state index in [1.165, 1.54) is 37.1 Å². The van der Waals surface area contributed by atoms with Gasteiger partial charge in [0.15, 0.2) is 0 Å². The van der Waals surface area contributed by atoms with E-state index in [1.54, 1.807) is 11.3 Å². The molecule has 2 aliphatic rings. The largest absolute Gasteiger partial charge is 0.326 e. The highest BCUT2D eigenvalue weighted by molar-refractivity contribution is 7.16. The standard InChI is InChI=1S/C16H25ClN2S/c1-10(18)16(14-5-6-15(17)20-14)19(2)9-13-8-11-3-4-12(13)7-11/h5-6,10-13,16H,3-4,7-9,18H2,1-2H3. The van der Waals surface area contributed by atoms with Crippen LogP contribution in [0.2, 0.25) is 4.34 Å². The molecule has 4 heteroatoms. The van der Waals surface area contributed by atoms with E-state index in [9.17, 15) is 0 Å². The molecule has 0 spiro atoms. The van der Waals surface area contributed by atoms with Crippen LogP contribution in [0.15, 0.2) is 12.1 Å². The fourth-order valence-electron chi connectivity index (χ4n) is 4.45. The smallest absolute Gasteiger partial charge is 0.0931 e. The van der Waals surface area contributed by atoms with E-state index >= 15 is 0 Å². The maximum Gasteiger partial charge on any atom is 0.0931 e. The normalized spacial score (nSPS) is 31.9. The molecule has 1 heterocycles. The molecular weight excluding hydrogens is 288 g/mol. The molecule has 0 amide bonds. The molecule has 2 saturated carbocycles. The van der Waals surface area contributed by atoms with Gasteiger partial charge in [0.25, 0.3) is 0 Å². The lowest BCUT2D eigenvalue weighted by atomic mass is 9.88. The number of hydrogen-bond donors (Lipinski definition) is 1. The molecule has 5 atom stereocenters. The second-order valence-corrected chi connectivity index (χ2v) is 8.57. The first kappa shape index (κ1) is 14.8. The van der Waals surface area contributed by atoms with Crippen LogP contribution in [0.5, 0.6) is 0 Å². The number of fused-ring (bicyclic) bond motifs is 2. The molecule has 0 aliphatic heterocycles. The zero-order valence-corrected chi connectivity index (χ0v) is 14.0. The summed E-state index contributed by atoms with van der Waals surface area (Å²) in [6.45, 7) is 3.29. The van der Waals surface area contributed by atoms with Gasteiger partial charge in [-0.15, -0.1) is 11.3 Å². The summed E-state index contributed by atoms with van der Waals surface area (Å²) in [5.41, 5.74) is 6.25. The van der Waals surface area contributed by atoms with Crippen molar-refractivity contribution < 1.29 is 0 Å². The van der Waals surface area contributed by atoms with Crippen LogP contribution in [0.25, 0.3) is 0 Å². The van der Waals surface area contributed by atoms with Gasteiger partial charge in [0, 0.05) is 17.5 Å². The highest BCUT2D eigenvalue weighted by atomic mass is 35.5. The molecule has 5 unspecified atom stereocenters. The van der Waals surface area contributed by atoms with Crippen molar-refractivity contribution in [3.63, 3.8) is 0 Å². The van der Waals surface area contributed by atoms with Crippen molar-refractivity contribution in [1.82, 2.24) is 4.90 Å². The van der Waals surface area contributed by atoms with Gasteiger partial charge in [0.1, 0.15) is 0 Å². The molecule has 0 radical (unpaired) electrons. The Bertz CT molecular complexity index is 459. The van der Waals surface area contributed by atoms with Crippen molar-refractivity contribution in [2.75, 3.05) is 13.6 Å². The number of thiophene rings is 1. The maximum absolute atomic E-state index is 6.25. The third-order valence-electron chi connectivity index (χ3n) is 5.27. The summed E-state index contributed by atoms with van der Waals surface area (Å²) >= 11 is 7.76. The first-order valence-corrected chi connectivity index (χ1v) is 8.95. The summed E-state index contributed by atoms with van der Waals surface area (Å²) in [7, 11) is 2.23. The number of likely N-dealkylation sites (N-methyl/N-ethyl adjacent to an activating group) is 1. The minimum atomic E-state index is 0.133. The highest BCUT2D eigenvalue weighted by Gasteiger charge is 2.40. The summed E-state index contributed by atoms with van der Waals surface area (Å²) < 4.78 is 0.860. The second kappa shape index (κ2) is 5.96. The molecule has 2 nitrogen and oxygen atoms in total. The summed E-state index contributed by atoms with van der Waals surface area (Å²) in [4.78, 5) is 3.77. The van der Waals surface area contributed by atoms with Gasteiger partial charge in [0.05, 0.1) is 10.4 Å². The third-order valence-corrected chi connectivity index (χ3v) is 6.57. The van der Waals surface area contributed by atoms with Crippen molar-refractivity contribution in [2.24, 2.45) is 23.5 Å². The van der Waals surface area contributed by atoms with Gasteiger partial charge in [0.2, 0.25) is 0 Å². The van der Waals surface area contributed by atoms with Gasteiger partial charge in [-0.2, -0.15) is 0 Å². The Morgan fingerprint density at radius 1 is 1.40 bits per heavy atom. The van der Waals surface area contributed by atoms with Gasteiger partial charge >= 0.3 is 0 Å². The van der Waals surface area contributed by atoms with Crippen molar-refractivity contribution in [3.8, 4) is 0 Å². The van der Waals surface area contributed by atoms with E-state index in [0.717, 1.165) is 22.1 Å². The van der Waals surface area contributed by atoms with Crippen molar-refractivity contribution >= 4 is 22.9 Å². The van der Waals surface area contributed by atoms with Crippen LogP contribution < -0.4 is 5.73 Å². The first-order chi connectivity index (χ1) is 9.54. The minimum absolute atomic E-state index is 0.133. The van der Waals surface area contributed by atoms with Crippen LogP contribution in [0.3, 0.4) is 0 Å². The Morgan fingerprint density at radius 3 is 2.70 bits per heavy atom. The van der Waals surface area contributed by atoms with E-state index in [2.05, 4.69) is 24.9 Å². The molecule has 20 heavy (non-hydrogen) atoms. The summed E-state index contributed by atoms with van der Waals surface area (Å²) in [5, 5.41) is 0. The molecule has 3 rings (SSSR count). The van der Waals surface area contributed by atoms with Crippen LogP contribution in [0.1, 0.15) is 43.5 Å². The van der Waals surface area contributed by atoms with Gasteiger partial charge < -0.3 is 5.73 Å². The molecule has 0 aromatic carbocycles. The highest BCUT2D eigenvalue weighted by Crippen LogP contribution is 2.49. The molecule has 112 valence electrons. The molecule has 2 N–H and O–H groups in total. The third kappa shape index (κ3) is 2.92. The van der Waals surface area contributed by atoms with Crippen molar-refractivity contribution in [2.45, 2.75) is 44.7 Å². The molecule has 2 fully saturated rings. The Balaban J connectivity index is 1.68. The predicted molar refractivity (Wildman–Crippen MR) is 87.3 cm³/mol. The first-order valence-electron chi connectivity index (χ1n) is 7.75. The fraction of sp³-hybridized carbons (Fsp3) is 0.750. The van der Waals surface area contributed by atoms with Gasteiger partial charge in [-0.05, 0) is 63.1 Å². The number of nitrogens with zero attached hydrogens (tertiary/aromatic N) is 1. The quantitative estimate of drug-likeness (QED) is 0.884. The number of hydrogen-bond acceptors (Lipinski definition) is 3. The van der Waals surface area contributed by atoms with Crippen molar-refractivity contribution in [3.05, 3.63) is 21.3 Å². The molecule has 1 aromatic rings. The SMILES string of the molecule is CC(N)C(c1ccc(Cl)s1)N(C)CC1CC2CCC1C2. The Kier molecular flexibility index (Phi) is 4.42. The average Bonchev–Trinajstić information content (AvgIpc) is 3.06. The van der Waals surface area contributed by atoms with Crippen molar-refractivity contribution in [1.29, 1.82) is 0 Å². The summed E-state index contributed by atoms with van der Waals surface area (Å²) in [5.74, 6) is 2.88.